The third-order valence-electron chi connectivity index (χ3n) is 2.29. The van der Waals surface area contributed by atoms with Crippen LogP contribution in [0.1, 0.15) is 5.76 Å². The molecule has 0 aliphatic rings. The van der Waals surface area contributed by atoms with Crippen LogP contribution in [-0.2, 0) is 6.54 Å². The normalized spacial score (nSPS) is 10.5. The highest BCUT2D eigenvalue weighted by atomic mass is 35.5. The molecule has 0 atom stereocenters. The molecule has 1 aromatic carbocycles. The number of nitrogens with zero attached hydrogens (tertiary/aromatic N) is 1. The molecule has 0 saturated heterocycles. The van der Waals surface area contributed by atoms with Gasteiger partial charge in [-0.25, -0.2) is 0 Å². The monoisotopic (exact) mass is 252 g/mol. The summed E-state index contributed by atoms with van der Waals surface area (Å²) in [6.45, 7) is 0.296. The van der Waals surface area contributed by atoms with Gasteiger partial charge in [0.05, 0.1) is 16.5 Å². The summed E-state index contributed by atoms with van der Waals surface area (Å²) in [4.78, 5) is 10.1. The summed E-state index contributed by atoms with van der Waals surface area (Å²) in [6.07, 6.45) is 0. The van der Waals surface area contributed by atoms with Gasteiger partial charge in [-0.05, 0) is 18.2 Å². The maximum Gasteiger partial charge on any atom is 0.270 e. The number of hydrogen-bond donors (Lipinski definition) is 1. The average molecular weight is 253 g/mol. The Morgan fingerprint density at radius 3 is 2.65 bits per heavy atom. The molecular weight excluding hydrogens is 244 g/mol. The van der Waals surface area contributed by atoms with E-state index in [1.165, 1.54) is 12.1 Å². The summed E-state index contributed by atoms with van der Waals surface area (Å²) >= 11 is 5.96. The number of hydrogen-bond acceptors (Lipinski definition) is 4. The fourth-order valence-electron chi connectivity index (χ4n) is 1.45. The van der Waals surface area contributed by atoms with E-state index in [1.54, 1.807) is 18.2 Å². The molecule has 2 aromatic rings. The highest BCUT2D eigenvalue weighted by molar-refractivity contribution is 6.33. The van der Waals surface area contributed by atoms with Crippen LogP contribution in [0, 0.1) is 10.1 Å². The molecule has 2 N–H and O–H groups in total. The van der Waals surface area contributed by atoms with Crippen molar-refractivity contribution in [3.8, 4) is 11.3 Å². The number of nitrogens with two attached hydrogens (primary N) is 1. The molecule has 0 unspecified atom stereocenters. The average Bonchev–Trinajstić information content (AvgIpc) is 2.77. The Balaban J connectivity index is 2.42. The molecule has 0 saturated carbocycles. The van der Waals surface area contributed by atoms with Gasteiger partial charge >= 0.3 is 0 Å². The van der Waals surface area contributed by atoms with Crippen molar-refractivity contribution in [1.29, 1.82) is 0 Å². The summed E-state index contributed by atoms with van der Waals surface area (Å²) in [5.74, 6) is 1.18. The van der Waals surface area contributed by atoms with Crippen molar-refractivity contribution in [2.24, 2.45) is 5.73 Å². The van der Waals surface area contributed by atoms with Gasteiger partial charge in [0.15, 0.2) is 0 Å². The molecule has 0 fully saturated rings. The van der Waals surface area contributed by atoms with Crippen molar-refractivity contribution in [2.45, 2.75) is 6.54 Å². The highest BCUT2D eigenvalue weighted by Crippen LogP contribution is 2.32. The summed E-state index contributed by atoms with van der Waals surface area (Å²) < 4.78 is 5.42. The fraction of sp³-hybridized carbons (Fsp3) is 0.0909. The molecule has 2 rings (SSSR count). The van der Waals surface area contributed by atoms with Crippen molar-refractivity contribution in [2.75, 3.05) is 0 Å². The third-order valence-corrected chi connectivity index (χ3v) is 2.60. The number of halogens is 1. The summed E-state index contributed by atoms with van der Waals surface area (Å²) in [6, 6.07) is 7.70. The van der Waals surface area contributed by atoms with Crippen LogP contribution in [-0.4, -0.2) is 4.92 Å². The number of nitro groups is 1. The van der Waals surface area contributed by atoms with Crippen LogP contribution >= 0.6 is 11.6 Å². The van der Waals surface area contributed by atoms with Gasteiger partial charge in [0.2, 0.25) is 0 Å². The second-order valence-corrected chi connectivity index (χ2v) is 3.80. The summed E-state index contributed by atoms with van der Waals surface area (Å²) in [5, 5.41) is 10.8. The second kappa shape index (κ2) is 4.57. The highest BCUT2D eigenvalue weighted by Gasteiger charge is 2.13. The summed E-state index contributed by atoms with van der Waals surface area (Å²) in [7, 11) is 0. The van der Waals surface area contributed by atoms with Gasteiger partial charge in [-0.1, -0.05) is 11.6 Å². The van der Waals surface area contributed by atoms with Crippen LogP contribution in [0.4, 0.5) is 5.69 Å². The quantitative estimate of drug-likeness (QED) is 0.672. The van der Waals surface area contributed by atoms with Gasteiger partial charge in [-0.2, -0.15) is 0 Å². The first-order valence-corrected chi connectivity index (χ1v) is 5.22. The molecule has 6 heteroatoms. The predicted molar refractivity (Wildman–Crippen MR) is 63.7 cm³/mol. The van der Waals surface area contributed by atoms with Crippen LogP contribution in [0.2, 0.25) is 5.02 Å². The first-order valence-electron chi connectivity index (χ1n) is 4.85. The predicted octanol–water partition coefficient (Wildman–Crippen LogP) is 2.97. The Morgan fingerprint density at radius 1 is 1.35 bits per heavy atom. The first kappa shape index (κ1) is 11.6. The Labute approximate surface area is 102 Å². The van der Waals surface area contributed by atoms with E-state index in [4.69, 9.17) is 21.8 Å². The van der Waals surface area contributed by atoms with Crippen molar-refractivity contribution in [3.05, 3.63) is 51.2 Å². The van der Waals surface area contributed by atoms with E-state index < -0.39 is 4.92 Å². The smallest absolute Gasteiger partial charge is 0.270 e. The largest absolute Gasteiger partial charge is 0.460 e. The lowest BCUT2D eigenvalue weighted by Gasteiger charge is -2.00. The maximum atomic E-state index is 10.6. The Morgan fingerprint density at radius 2 is 2.12 bits per heavy atom. The van der Waals surface area contributed by atoms with Crippen molar-refractivity contribution in [1.82, 2.24) is 0 Å². The van der Waals surface area contributed by atoms with Crippen molar-refractivity contribution >= 4 is 17.3 Å². The number of rotatable bonds is 3. The maximum absolute atomic E-state index is 10.6. The Hall–Kier alpha value is -1.85. The molecule has 0 aliphatic carbocycles. The van der Waals surface area contributed by atoms with Gasteiger partial charge in [-0.3, -0.25) is 10.1 Å². The lowest BCUT2D eigenvalue weighted by Crippen LogP contribution is -1.92. The van der Waals surface area contributed by atoms with Gasteiger partial charge in [-0.15, -0.1) is 0 Å². The minimum Gasteiger partial charge on any atom is -0.460 e. The van der Waals surface area contributed by atoms with Crippen LogP contribution in [0.25, 0.3) is 11.3 Å². The number of benzene rings is 1. The van der Waals surface area contributed by atoms with Gasteiger partial charge < -0.3 is 10.2 Å². The van der Waals surface area contributed by atoms with E-state index >= 15 is 0 Å². The fourth-order valence-corrected chi connectivity index (χ4v) is 1.72. The minimum atomic E-state index is -0.497. The topological polar surface area (TPSA) is 82.3 Å². The van der Waals surface area contributed by atoms with Crippen LogP contribution < -0.4 is 5.73 Å². The molecule has 0 radical (unpaired) electrons. The zero-order valence-electron chi connectivity index (χ0n) is 8.72. The molecule has 0 amide bonds. The zero-order valence-corrected chi connectivity index (χ0v) is 9.48. The summed E-state index contributed by atoms with van der Waals surface area (Å²) in [5.41, 5.74) is 5.98. The zero-order chi connectivity index (χ0) is 12.4. The molecule has 1 heterocycles. The van der Waals surface area contributed by atoms with Gasteiger partial charge in [0, 0.05) is 17.7 Å². The van der Waals surface area contributed by atoms with E-state index in [1.807, 2.05) is 0 Å². The second-order valence-electron chi connectivity index (χ2n) is 3.39. The standard InChI is InChI=1S/C11H9ClN2O3/c12-10-5-7(14(15)16)1-3-9(10)11-4-2-8(6-13)17-11/h1-5H,6,13H2. The molecule has 0 spiro atoms. The van der Waals surface area contributed by atoms with Crippen molar-refractivity contribution in [3.63, 3.8) is 0 Å². The van der Waals surface area contributed by atoms with Crippen molar-refractivity contribution < 1.29 is 9.34 Å². The van der Waals surface area contributed by atoms with E-state index in [-0.39, 0.29) is 10.7 Å². The van der Waals surface area contributed by atoms with Gasteiger partial charge in [0.25, 0.3) is 5.69 Å². The molecule has 88 valence electrons. The van der Waals surface area contributed by atoms with E-state index in [0.29, 0.717) is 23.6 Å². The van der Waals surface area contributed by atoms with E-state index in [2.05, 4.69) is 0 Å². The molecule has 1 aromatic heterocycles. The Kier molecular flexibility index (Phi) is 3.12. The lowest BCUT2D eigenvalue weighted by molar-refractivity contribution is -0.384. The van der Waals surface area contributed by atoms with Crippen LogP contribution in [0.3, 0.4) is 0 Å². The number of non-ortho nitro benzene ring substituents is 1. The SMILES string of the molecule is NCc1ccc(-c2ccc([N+](=O)[O-])cc2Cl)o1. The molecular formula is C11H9ClN2O3. The first-order chi connectivity index (χ1) is 8.11. The molecule has 5 nitrogen and oxygen atoms in total. The minimum absolute atomic E-state index is 0.0515. The Bertz CT molecular complexity index is 566. The van der Waals surface area contributed by atoms with E-state index in [0.717, 1.165) is 0 Å². The van der Waals surface area contributed by atoms with E-state index in [9.17, 15) is 10.1 Å². The third kappa shape index (κ3) is 2.30. The molecule has 17 heavy (non-hydrogen) atoms. The number of furan rings is 1. The lowest BCUT2D eigenvalue weighted by atomic mass is 10.1. The molecule has 0 aliphatic heterocycles. The van der Waals surface area contributed by atoms with Crippen LogP contribution in [0.5, 0.6) is 0 Å². The van der Waals surface area contributed by atoms with Crippen LogP contribution in [0.15, 0.2) is 34.7 Å². The molecule has 0 bridgehead atoms. The number of nitro benzene ring substituents is 1. The van der Waals surface area contributed by atoms with Gasteiger partial charge in [0.1, 0.15) is 11.5 Å².